The fraction of sp³-hybridized carbons (Fsp3) is 0.429. The van der Waals surface area contributed by atoms with Crippen molar-refractivity contribution in [1.29, 1.82) is 0 Å². The summed E-state index contributed by atoms with van der Waals surface area (Å²) < 4.78 is 10.1. The van der Waals surface area contributed by atoms with Crippen molar-refractivity contribution in [2.45, 2.75) is 18.9 Å². The minimum atomic E-state index is -0.719. The molecule has 0 aliphatic carbocycles. The Labute approximate surface area is 140 Å². The third-order valence-corrected chi connectivity index (χ3v) is 2.94. The number of hydrogen-bond acceptors (Lipinski definition) is 4. The summed E-state index contributed by atoms with van der Waals surface area (Å²) in [5, 5.41) is 3.00. The predicted octanol–water partition coefficient (Wildman–Crippen LogP) is 1.59. The van der Waals surface area contributed by atoms with Crippen molar-refractivity contribution >= 4 is 5.97 Å². The summed E-state index contributed by atoms with van der Waals surface area (Å²) in [5.41, 5.74) is 0.317. The number of nitrogens with one attached hydrogen (secondary N) is 1. The maximum absolute atomic E-state index is 11.7. The molecular formula is C14H20NO3Y-. The first-order valence-corrected chi connectivity index (χ1v) is 5.84. The molecule has 0 bridgehead atoms. The molecule has 0 fully saturated rings. The van der Waals surface area contributed by atoms with E-state index < -0.39 is 5.54 Å². The van der Waals surface area contributed by atoms with E-state index in [1.54, 1.807) is 7.05 Å². The van der Waals surface area contributed by atoms with Crippen LogP contribution in [0.2, 0.25) is 0 Å². The van der Waals surface area contributed by atoms with E-state index in [0.717, 1.165) is 11.3 Å². The van der Waals surface area contributed by atoms with Crippen LogP contribution in [0.4, 0.5) is 0 Å². The molecule has 1 aromatic rings. The van der Waals surface area contributed by atoms with E-state index in [1.165, 1.54) is 7.11 Å². The summed E-state index contributed by atoms with van der Waals surface area (Å²) in [4.78, 5) is 11.7. The molecule has 19 heavy (non-hydrogen) atoms. The van der Waals surface area contributed by atoms with Crippen LogP contribution in [0.15, 0.2) is 24.3 Å². The third kappa shape index (κ3) is 5.21. The summed E-state index contributed by atoms with van der Waals surface area (Å²) in [5.74, 6) is 0.501. The Morgan fingerprint density at radius 2 is 1.95 bits per heavy atom. The van der Waals surface area contributed by atoms with Gasteiger partial charge in [-0.05, 0) is 38.3 Å². The molecule has 0 saturated carbocycles. The number of carbonyl (C=O) groups is 1. The monoisotopic (exact) mass is 339 g/mol. The number of likely N-dealkylation sites (N-methyl/N-ethyl adjacent to an activating group) is 1. The summed E-state index contributed by atoms with van der Waals surface area (Å²) in [6.45, 7) is 5.83. The number of benzene rings is 1. The Hall–Kier alpha value is -0.446. The molecule has 0 aromatic heterocycles. The molecular weight excluding hydrogens is 319 g/mol. The number of carbonyl (C=O) groups excluding carboxylic acids is 1. The van der Waals surface area contributed by atoms with Gasteiger partial charge < -0.3 is 21.7 Å². The minimum Gasteiger partial charge on any atom is -0.525 e. The van der Waals surface area contributed by atoms with E-state index in [-0.39, 0.29) is 38.7 Å². The number of methoxy groups -OCH3 is 1. The summed E-state index contributed by atoms with van der Waals surface area (Å²) in [6, 6.07) is 7.61. The number of rotatable bonds is 6. The van der Waals surface area contributed by atoms with Crippen LogP contribution in [0, 0.1) is 6.92 Å². The molecule has 1 atom stereocenters. The summed E-state index contributed by atoms with van der Waals surface area (Å²) in [6.07, 6.45) is 0.556. The van der Waals surface area contributed by atoms with E-state index in [9.17, 15) is 4.79 Å². The summed E-state index contributed by atoms with van der Waals surface area (Å²) >= 11 is 0. The number of hydrogen-bond donors (Lipinski definition) is 1. The maximum Gasteiger partial charge on any atom is 0.326 e. The largest absolute Gasteiger partial charge is 0.525 e. The maximum atomic E-state index is 11.7. The molecule has 0 saturated heterocycles. The van der Waals surface area contributed by atoms with Crippen LogP contribution in [0.3, 0.4) is 0 Å². The van der Waals surface area contributed by atoms with Crippen LogP contribution in [0.25, 0.3) is 0 Å². The van der Waals surface area contributed by atoms with Crippen LogP contribution in [0.1, 0.15) is 12.5 Å². The standard InChI is InChI=1S/C14H20NO3.Y/c1-5-18-12-8-6-11(7-9-12)10-14(2,15-3)13(16)17-4;/h6-9,15H,1,5,10H2,2-4H3;/q-1;/t14-;/m1./s1. The van der Waals surface area contributed by atoms with Crippen LogP contribution >= 0.6 is 0 Å². The van der Waals surface area contributed by atoms with E-state index in [4.69, 9.17) is 9.47 Å². The van der Waals surface area contributed by atoms with Crippen LogP contribution < -0.4 is 10.1 Å². The van der Waals surface area contributed by atoms with Gasteiger partial charge in [-0.15, -0.1) is 0 Å². The van der Waals surface area contributed by atoms with Gasteiger partial charge in [0.15, 0.2) is 0 Å². The van der Waals surface area contributed by atoms with Gasteiger partial charge in [0.1, 0.15) is 11.3 Å². The molecule has 5 heteroatoms. The van der Waals surface area contributed by atoms with Crippen molar-refractivity contribution in [3.05, 3.63) is 36.8 Å². The Kier molecular flexibility index (Phi) is 8.47. The smallest absolute Gasteiger partial charge is 0.326 e. The minimum absolute atomic E-state index is 0. The third-order valence-electron chi connectivity index (χ3n) is 2.94. The molecule has 4 nitrogen and oxygen atoms in total. The zero-order chi connectivity index (χ0) is 13.6. The Morgan fingerprint density at radius 3 is 2.37 bits per heavy atom. The van der Waals surface area contributed by atoms with E-state index >= 15 is 0 Å². The Balaban J connectivity index is 0.00000324. The van der Waals surface area contributed by atoms with Gasteiger partial charge in [-0.1, -0.05) is 12.1 Å². The van der Waals surface area contributed by atoms with Gasteiger partial charge in [-0.2, -0.15) is 0 Å². The summed E-state index contributed by atoms with van der Waals surface area (Å²) in [7, 11) is 3.14. The molecule has 0 unspecified atom stereocenters. The van der Waals surface area contributed by atoms with E-state index in [1.807, 2.05) is 31.2 Å². The zero-order valence-corrected chi connectivity index (χ0v) is 14.6. The molecule has 103 valence electrons. The topological polar surface area (TPSA) is 47.6 Å². The molecule has 0 aliphatic rings. The fourth-order valence-electron chi connectivity index (χ4n) is 1.72. The first-order chi connectivity index (χ1) is 8.55. The van der Waals surface area contributed by atoms with Gasteiger partial charge in [0.2, 0.25) is 0 Å². The number of esters is 1. The van der Waals surface area contributed by atoms with Crippen molar-refractivity contribution in [2.75, 3.05) is 20.8 Å². The van der Waals surface area contributed by atoms with Crippen LogP contribution in [0.5, 0.6) is 5.75 Å². The second-order valence-electron chi connectivity index (χ2n) is 4.24. The zero-order valence-electron chi connectivity index (χ0n) is 11.7. The normalized spacial score (nSPS) is 13.1. The van der Waals surface area contributed by atoms with Gasteiger partial charge >= 0.3 is 5.97 Å². The quantitative estimate of drug-likeness (QED) is 0.632. The molecule has 1 N–H and O–H groups in total. The molecule has 1 radical (unpaired) electrons. The van der Waals surface area contributed by atoms with Crippen molar-refractivity contribution in [3.8, 4) is 5.75 Å². The first kappa shape index (κ1) is 18.6. The second-order valence-corrected chi connectivity index (χ2v) is 4.24. The van der Waals surface area contributed by atoms with Gasteiger partial charge in [0, 0.05) is 39.1 Å². The SMILES string of the molecule is [CH2-]COc1ccc(C[C@@](C)(NC)C(=O)OC)cc1.[Y]. The van der Waals surface area contributed by atoms with Crippen molar-refractivity contribution in [1.82, 2.24) is 5.32 Å². The molecule has 0 amide bonds. The van der Waals surface area contributed by atoms with Crippen LogP contribution in [-0.4, -0.2) is 32.3 Å². The van der Waals surface area contributed by atoms with Gasteiger partial charge in [-0.3, -0.25) is 4.79 Å². The van der Waals surface area contributed by atoms with Crippen molar-refractivity contribution in [3.63, 3.8) is 0 Å². The fourth-order valence-corrected chi connectivity index (χ4v) is 1.72. The molecule has 1 rings (SSSR count). The average molecular weight is 339 g/mol. The van der Waals surface area contributed by atoms with E-state index in [2.05, 4.69) is 12.2 Å². The molecule has 0 aliphatic heterocycles. The number of ether oxygens (including phenoxy) is 2. The molecule has 0 heterocycles. The van der Waals surface area contributed by atoms with Gasteiger partial charge in [0.25, 0.3) is 0 Å². The van der Waals surface area contributed by atoms with Gasteiger partial charge in [-0.25, -0.2) is 0 Å². The van der Waals surface area contributed by atoms with E-state index in [0.29, 0.717) is 13.0 Å². The second kappa shape index (κ2) is 8.67. The van der Waals surface area contributed by atoms with Crippen LogP contribution in [-0.2, 0) is 48.7 Å². The molecule has 0 spiro atoms. The predicted molar refractivity (Wildman–Crippen MR) is 70.5 cm³/mol. The Bertz CT molecular complexity index is 394. The van der Waals surface area contributed by atoms with Crippen molar-refractivity contribution < 1.29 is 47.0 Å². The average Bonchev–Trinajstić information content (AvgIpc) is 2.40. The van der Waals surface area contributed by atoms with Crippen molar-refractivity contribution in [2.24, 2.45) is 0 Å². The molecule has 1 aromatic carbocycles. The first-order valence-electron chi connectivity index (χ1n) is 5.84. The van der Waals surface area contributed by atoms with Gasteiger partial charge in [0.05, 0.1) is 7.11 Å². The Morgan fingerprint density at radius 1 is 1.37 bits per heavy atom.